The van der Waals surface area contributed by atoms with Crippen molar-refractivity contribution in [2.24, 2.45) is 0 Å². The summed E-state index contributed by atoms with van der Waals surface area (Å²) in [5.74, 6) is -1.22. The van der Waals surface area contributed by atoms with Gasteiger partial charge >= 0.3 is 5.97 Å². The summed E-state index contributed by atoms with van der Waals surface area (Å²) >= 11 is -2.04. The van der Waals surface area contributed by atoms with Crippen LogP contribution in [0.15, 0.2) is 6.07 Å². The van der Waals surface area contributed by atoms with E-state index < -0.39 is 17.0 Å². The highest BCUT2D eigenvalue weighted by atomic mass is 32.2. The van der Waals surface area contributed by atoms with E-state index in [9.17, 15) is 9.00 Å². The Bertz CT molecular complexity index is 470. The van der Waals surface area contributed by atoms with E-state index in [-0.39, 0.29) is 11.3 Å². The fourth-order valence-corrected chi connectivity index (χ4v) is 1.98. The molecule has 1 rings (SSSR count). The first kappa shape index (κ1) is 12.7. The molecule has 4 N–H and O–H groups in total. The summed E-state index contributed by atoms with van der Waals surface area (Å²) < 4.78 is 19.5. The van der Waals surface area contributed by atoms with E-state index in [2.05, 4.69) is 0 Å². The van der Waals surface area contributed by atoms with Crippen LogP contribution < -0.4 is 5.73 Å². The zero-order valence-corrected chi connectivity index (χ0v) is 9.80. The van der Waals surface area contributed by atoms with Crippen LogP contribution in [0.4, 0.5) is 5.69 Å². The van der Waals surface area contributed by atoms with Gasteiger partial charge in [0.05, 0.1) is 11.3 Å². The molecule has 5 nitrogen and oxygen atoms in total. The van der Waals surface area contributed by atoms with E-state index in [1.54, 1.807) is 13.8 Å². The Morgan fingerprint density at radius 2 is 2.00 bits per heavy atom. The minimum absolute atomic E-state index is 0.118. The van der Waals surface area contributed by atoms with Crippen LogP contribution in [0.1, 0.15) is 27.0 Å². The second-order valence-corrected chi connectivity index (χ2v) is 4.45. The lowest BCUT2D eigenvalue weighted by Gasteiger charge is -2.12. The topological polar surface area (TPSA) is 101 Å². The van der Waals surface area contributed by atoms with Crippen molar-refractivity contribution >= 4 is 22.7 Å². The molecule has 0 bridgehead atoms. The molecule has 1 atom stereocenters. The van der Waals surface area contributed by atoms with Gasteiger partial charge in [-0.15, -0.1) is 0 Å². The molecule has 0 aliphatic rings. The number of rotatable bonds is 3. The summed E-state index contributed by atoms with van der Waals surface area (Å²) in [4.78, 5) is 10.9. The number of hydrogen-bond acceptors (Lipinski definition) is 3. The Hall–Kier alpha value is -1.40. The number of nitrogen functional groups attached to an aromatic ring is 1. The van der Waals surface area contributed by atoms with E-state index in [1.807, 2.05) is 0 Å². The van der Waals surface area contributed by atoms with Gasteiger partial charge in [0.1, 0.15) is 0 Å². The lowest BCUT2D eigenvalue weighted by Crippen LogP contribution is -2.08. The Morgan fingerprint density at radius 3 is 2.44 bits per heavy atom. The van der Waals surface area contributed by atoms with Crippen molar-refractivity contribution in [2.45, 2.75) is 19.6 Å². The Kier molecular flexibility index (Phi) is 3.66. The predicted molar refractivity (Wildman–Crippen MR) is 61.8 cm³/mol. The number of hydrogen-bond donors (Lipinski definition) is 3. The summed E-state index contributed by atoms with van der Waals surface area (Å²) in [6, 6.07) is 1.36. The first-order valence-electron chi connectivity index (χ1n) is 4.54. The number of aromatic carboxylic acids is 1. The molecule has 0 heterocycles. The van der Waals surface area contributed by atoms with Gasteiger partial charge in [0.2, 0.25) is 0 Å². The van der Waals surface area contributed by atoms with Gasteiger partial charge in [-0.3, -0.25) is 0 Å². The Balaban J connectivity index is 3.40. The molecule has 6 heteroatoms. The highest BCUT2D eigenvalue weighted by molar-refractivity contribution is 7.78. The maximum Gasteiger partial charge on any atom is 0.335 e. The molecule has 1 aromatic rings. The van der Waals surface area contributed by atoms with Gasteiger partial charge in [0, 0.05) is 5.69 Å². The molecule has 0 saturated carbocycles. The molecular formula is C10H13NO4S. The van der Waals surface area contributed by atoms with Crippen molar-refractivity contribution in [1.29, 1.82) is 0 Å². The van der Waals surface area contributed by atoms with Crippen LogP contribution in [0.25, 0.3) is 0 Å². The molecule has 0 aliphatic carbocycles. The van der Waals surface area contributed by atoms with Gasteiger partial charge in [0.25, 0.3) is 0 Å². The van der Waals surface area contributed by atoms with Crippen LogP contribution in [0.2, 0.25) is 0 Å². The van der Waals surface area contributed by atoms with E-state index in [1.165, 1.54) is 6.07 Å². The number of carboxylic acid groups (broad SMARTS) is 1. The second kappa shape index (κ2) is 4.63. The molecule has 1 aromatic carbocycles. The lowest BCUT2D eigenvalue weighted by molar-refractivity contribution is 0.0696. The number of benzene rings is 1. The molecule has 1 unspecified atom stereocenters. The average Bonchev–Trinajstić information content (AvgIpc) is 2.18. The monoisotopic (exact) mass is 243 g/mol. The van der Waals surface area contributed by atoms with Crippen molar-refractivity contribution in [1.82, 2.24) is 0 Å². The van der Waals surface area contributed by atoms with Crippen LogP contribution >= 0.6 is 0 Å². The van der Waals surface area contributed by atoms with Crippen molar-refractivity contribution in [3.8, 4) is 0 Å². The zero-order chi connectivity index (χ0) is 12.5. The van der Waals surface area contributed by atoms with Gasteiger partial charge in [0.15, 0.2) is 11.1 Å². The third-order valence-corrected chi connectivity index (χ3v) is 3.10. The van der Waals surface area contributed by atoms with Gasteiger partial charge in [-0.05, 0) is 36.6 Å². The van der Waals surface area contributed by atoms with E-state index in [0.29, 0.717) is 22.4 Å². The van der Waals surface area contributed by atoms with Crippen LogP contribution in [0, 0.1) is 13.8 Å². The smallest absolute Gasteiger partial charge is 0.335 e. The van der Waals surface area contributed by atoms with Crippen molar-refractivity contribution in [3.05, 3.63) is 28.3 Å². The highest BCUT2D eigenvalue weighted by Crippen LogP contribution is 2.25. The molecule has 0 fully saturated rings. The van der Waals surface area contributed by atoms with Gasteiger partial charge in [-0.2, -0.15) is 0 Å². The summed E-state index contributed by atoms with van der Waals surface area (Å²) in [6.45, 7) is 3.36. The standard InChI is InChI=1S/C10H13NO4S/c1-5-6(2)9(11)7(4-16(14)15)3-8(5)10(12)13/h3H,4,11H2,1-2H3,(H,12,13)(H,14,15). The van der Waals surface area contributed by atoms with Gasteiger partial charge in [-0.25, -0.2) is 9.00 Å². The first-order valence-corrected chi connectivity index (χ1v) is 5.81. The summed E-state index contributed by atoms with van der Waals surface area (Å²) in [6.07, 6.45) is 0. The predicted octanol–water partition coefficient (Wildman–Crippen LogP) is 1.31. The van der Waals surface area contributed by atoms with Crippen LogP contribution in [0.5, 0.6) is 0 Å². The van der Waals surface area contributed by atoms with E-state index in [0.717, 1.165) is 0 Å². The molecule has 0 saturated heterocycles. The Morgan fingerprint density at radius 1 is 1.44 bits per heavy atom. The Labute approximate surface area is 95.6 Å². The third-order valence-electron chi connectivity index (χ3n) is 2.54. The number of anilines is 1. The maximum atomic E-state index is 10.9. The zero-order valence-electron chi connectivity index (χ0n) is 8.98. The quantitative estimate of drug-likeness (QED) is 0.549. The summed E-state index contributed by atoms with van der Waals surface area (Å²) in [5, 5.41) is 8.96. The lowest BCUT2D eigenvalue weighted by atomic mass is 9.98. The molecule has 0 aliphatic heterocycles. The van der Waals surface area contributed by atoms with Gasteiger partial charge < -0.3 is 15.4 Å². The maximum absolute atomic E-state index is 10.9. The largest absolute Gasteiger partial charge is 0.478 e. The molecular weight excluding hydrogens is 230 g/mol. The van der Waals surface area contributed by atoms with E-state index >= 15 is 0 Å². The van der Waals surface area contributed by atoms with Crippen LogP contribution in [-0.4, -0.2) is 19.8 Å². The average molecular weight is 243 g/mol. The second-order valence-electron chi connectivity index (χ2n) is 3.52. The minimum atomic E-state index is -2.04. The minimum Gasteiger partial charge on any atom is -0.478 e. The van der Waals surface area contributed by atoms with Crippen molar-refractivity contribution in [2.75, 3.05) is 5.73 Å². The molecule has 16 heavy (non-hydrogen) atoms. The molecule has 88 valence electrons. The number of carboxylic acids is 1. The fourth-order valence-electron chi connectivity index (χ4n) is 1.48. The van der Waals surface area contributed by atoms with Crippen LogP contribution in [0.3, 0.4) is 0 Å². The third kappa shape index (κ3) is 2.40. The number of carbonyl (C=O) groups is 1. The normalized spacial score (nSPS) is 12.4. The highest BCUT2D eigenvalue weighted by Gasteiger charge is 2.15. The summed E-state index contributed by atoms with van der Waals surface area (Å²) in [7, 11) is 0. The molecule has 0 amide bonds. The summed E-state index contributed by atoms with van der Waals surface area (Å²) in [5.41, 5.74) is 7.87. The molecule has 0 spiro atoms. The molecule has 0 aromatic heterocycles. The fraction of sp³-hybridized carbons (Fsp3) is 0.300. The van der Waals surface area contributed by atoms with Gasteiger partial charge in [-0.1, -0.05) is 0 Å². The van der Waals surface area contributed by atoms with Crippen LogP contribution in [-0.2, 0) is 16.8 Å². The molecule has 0 radical (unpaired) electrons. The first-order chi connectivity index (χ1) is 7.34. The number of nitrogens with two attached hydrogens (primary N) is 1. The van der Waals surface area contributed by atoms with Crippen molar-refractivity contribution in [3.63, 3.8) is 0 Å². The SMILES string of the molecule is Cc1c(C(=O)O)cc(CS(=O)O)c(N)c1C. The van der Waals surface area contributed by atoms with Crippen molar-refractivity contribution < 1.29 is 18.7 Å². The van der Waals surface area contributed by atoms with E-state index in [4.69, 9.17) is 15.4 Å².